The average Bonchev–Trinajstić information content (AvgIpc) is 3.00. The lowest BCUT2D eigenvalue weighted by Crippen LogP contribution is -2.30. The Morgan fingerprint density at radius 3 is 2.28 bits per heavy atom. The van der Waals surface area contributed by atoms with Crippen molar-refractivity contribution in [1.29, 1.82) is 0 Å². The number of unbranched alkanes of at least 4 members (excludes halogenated alkanes) is 2. The van der Waals surface area contributed by atoms with E-state index in [-0.39, 0.29) is 5.91 Å². The van der Waals surface area contributed by atoms with E-state index in [1.165, 1.54) is 17.7 Å². The largest absolute Gasteiger partial charge is 0.494 e. The Morgan fingerprint density at radius 1 is 0.966 bits per heavy atom. The second kappa shape index (κ2) is 10.1. The van der Waals surface area contributed by atoms with Gasteiger partial charge in [-0.15, -0.1) is 0 Å². The van der Waals surface area contributed by atoms with Crippen LogP contribution >= 0.6 is 12.2 Å². The van der Waals surface area contributed by atoms with E-state index in [0.717, 1.165) is 30.1 Å². The van der Waals surface area contributed by atoms with Gasteiger partial charge in [0.25, 0.3) is 5.91 Å². The van der Waals surface area contributed by atoms with Gasteiger partial charge in [0.1, 0.15) is 17.2 Å². The molecule has 1 saturated heterocycles. The van der Waals surface area contributed by atoms with E-state index in [1.807, 2.05) is 55.5 Å². The van der Waals surface area contributed by atoms with Crippen LogP contribution in [0, 0.1) is 0 Å². The summed E-state index contributed by atoms with van der Waals surface area (Å²) in [7, 11) is 0. The van der Waals surface area contributed by atoms with Gasteiger partial charge < -0.3 is 14.8 Å². The highest BCUT2D eigenvalue weighted by Gasteiger charge is 2.31. The predicted molar refractivity (Wildman–Crippen MR) is 120 cm³/mol. The van der Waals surface area contributed by atoms with Crippen LogP contribution in [0.15, 0.2) is 54.2 Å². The van der Waals surface area contributed by atoms with E-state index in [1.54, 1.807) is 6.08 Å². The summed E-state index contributed by atoms with van der Waals surface area (Å²) in [5.41, 5.74) is 2.05. The van der Waals surface area contributed by atoms with E-state index in [4.69, 9.17) is 21.7 Å². The monoisotopic (exact) mass is 410 g/mol. The molecule has 1 heterocycles. The molecule has 1 fully saturated rings. The van der Waals surface area contributed by atoms with Gasteiger partial charge in [-0.3, -0.25) is 9.69 Å². The molecular formula is C23H26N2O3S. The van der Waals surface area contributed by atoms with E-state index >= 15 is 0 Å². The molecule has 3 rings (SSSR count). The number of hydrogen-bond acceptors (Lipinski definition) is 4. The van der Waals surface area contributed by atoms with Crippen LogP contribution in [-0.2, 0) is 4.79 Å². The summed E-state index contributed by atoms with van der Waals surface area (Å²) in [5, 5.41) is 3.37. The average molecular weight is 411 g/mol. The molecule has 6 heteroatoms. The molecule has 2 aromatic rings. The Morgan fingerprint density at radius 2 is 1.62 bits per heavy atom. The lowest BCUT2D eigenvalue weighted by molar-refractivity contribution is -0.113. The lowest BCUT2D eigenvalue weighted by Gasteiger charge is -2.14. The van der Waals surface area contributed by atoms with Crippen molar-refractivity contribution >= 4 is 35.0 Å². The number of nitrogens with zero attached hydrogens (tertiary/aromatic N) is 1. The number of benzene rings is 2. The van der Waals surface area contributed by atoms with Gasteiger partial charge in [0.15, 0.2) is 5.11 Å². The second-order valence-electron chi connectivity index (χ2n) is 6.68. The minimum atomic E-state index is -0.181. The molecule has 0 aliphatic carbocycles. The number of ether oxygens (including phenoxy) is 2. The first kappa shape index (κ1) is 20.9. The van der Waals surface area contributed by atoms with Gasteiger partial charge in [-0.05, 0) is 73.6 Å². The molecule has 1 amide bonds. The molecule has 2 aromatic carbocycles. The first-order valence-corrected chi connectivity index (χ1v) is 10.4. The van der Waals surface area contributed by atoms with E-state index < -0.39 is 0 Å². The Kier molecular flexibility index (Phi) is 7.25. The van der Waals surface area contributed by atoms with Crippen molar-refractivity contribution in [2.45, 2.75) is 33.1 Å². The Bertz CT molecular complexity index is 876. The Balaban J connectivity index is 1.67. The molecule has 29 heavy (non-hydrogen) atoms. The van der Waals surface area contributed by atoms with Crippen LogP contribution in [0.1, 0.15) is 38.7 Å². The van der Waals surface area contributed by atoms with Gasteiger partial charge in [-0.2, -0.15) is 0 Å². The molecule has 0 bridgehead atoms. The van der Waals surface area contributed by atoms with Crippen molar-refractivity contribution < 1.29 is 14.3 Å². The van der Waals surface area contributed by atoms with Gasteiger partial charge in [0.05, 0.1) is 18.9 Å². The predicted octanol–water partition coefficient (Wildman–Crippen LogP) is 4.92. The summed E-state index contributed by atoms with van der Waals surface area (Å²) < 4.78 is 11.2. The third-order valence-corrected chi connectivity index (χ3v) is 4.78. The van der Waals surface area contributed by atoms with Crippen molar-refractivity contribution in [3.63, 3.8) is 0 Å². The standard InChI is InChI=1S/C23H26N2O3S/c1-3-5-6-15-28-20-11-7-17(8-12-20)16-21-22(26)25(23(29)24-21)18-9-13-19(14-10-18)27-4-2/h7-14,16H,3-6,15H2,1-2H3,(H,24,29)/b21-16+. The fourth-order valence-corrected chi connectivity index (χ4v) is 3.29. The van der Waals surface area contributed by atoms with Crippen molar-refractivity contribution in [1.82, 2.24) is 5.32 Å². The summed E-state index contributed by atoms with van der Waals surface area (Å²) in [6.45, 7) is 5.42. The Hall–Kier alpha value is -2.86. The van der Waals surface area contributed by atoms with E-state index in [2.05, 4.69) is 12.2 Å². The fraction of sp³-hybridized carbons (Fsp3) is 0.304. The minimum absolute atomic E-state index is 0.181. The molecule has 0 aromatic heterocycles. The van der Waals surface area contributed by atoms with E-state index in [9.17, 15) is 4.79 Å². The van der Waals surface area contributed by atoms with Gasteiger partial charge >= 0.3 is 0 Å². The number of carbonyl (C=O) groups excluding carboxylic acids is 1. The zero-order valence-corrected chi connectivity index (χ0v) is 17.6. The van der Waals surface area contributed by atoms with Gasteiger partial charge in [0, 0.05) is 0 Å². The van der Waals surface area contributed by atoms with Crippen molar-refractivity contribution in [2.75, 3.05) is 18.1 Å². The van der Waals surface area contributed by atoms with Crippen molar-refractivity contribution in [3.05, 3.63) is 59.8 Å². The summed E-state index contributed by atoms with van der Waals surface area (Å²) in [5.74, 6) is 1.41. The zero-order chi connectivity index (χ0) is 20.6. The second-order valence-corrected chi connectivity index (χ2v) is 7.07. The summed E-state index contributed by atoms with van der Waals surface area (Å²) in [6, 6.07) is 15.0. The number of anilines is 1. The van der Waals surface area contributed by atoms with Gasteiger partial charge in [-0.1, -0.05) is 31.9 Å². The minimum Gasteiger partial charge on any atom is -0.494 e. The van der Waals surface area contributed by atoms with Crippen LogP contribution in [0.4, 0.5) is 5.69 Å². The number of rotatable bonds is 9. The molecule has 0 saturated carbocycles. The molecule has 1 aliphatic heterocycles. The zero-order valence-electron chi connectivity index (χ0n) is 16.8. The van der Waals surface area contributed by atoms with Gasteiger partial charge in [-0.25, -0.2) is 0 Å². The van der Waals surface area contributed by atoms with Crippen LogP contribution in [-0.4, -0.2) is 24.2 Å². The summed E-state index contributed by atoms with van der Waals surface area (Å²) in [6.07, 6.45) is 5.19. The maximum Gasteiger partial charge on any atom is 0.281 e. The van der Waals surface area contributed by atoms with E-state index in [0.29, 0.717) is 23.1 Å². The maximum atomic E-state index is 12.9. The Labute approximate surface area is 177 Å². The highest BCUT2D eigenvalue weighted by molar-refractivity contribution is 7.80. The molecule has 0 radical (unpaired) electrons. The molecule has 0 spiro atoms. The van der Waals surface area contributed by atoms with Crippen LogP contribution in [0.3, 0.4) is 0 Å². The topological polar surface area (TPSA) is 50.8 Å². The highest BCUT2D eigenvalue weighted by Crippen LogP contribution is 2.25. The summed E-state index contributed by atoms with van der Waals surface area (Å²) >= 11 is 5.37. The number of amides is 1. The first-order valence-electron chi connectivity index (χ1n) is 9.95. The first-order chi connectivity index (χ1) is 14.1. The molecular weight excluding hydrogens is 384 g/mol. The van der Waals surface area contributed by atoms with Crippen LogP contribution in [0.5, 0.6) is 11.5 Å². The smallest absolute Gasteiger partial charge is 0.281 e. The third-order valence-electron chi connectivity index (χ3n) is 4.49. The number of hydrogen-bond donors (Lipinski definition) is 1. The summed E-state index contributed by atoms with van der Waals surface area (Å²) in [4.78, 5) is 14.3. The van der Waals surface area contributed by atoms with Crippen molar-refractivity contribution in [3.8, 4) is 11.5 Å². The number of carbonyl (C=O) groups is 1. The van der Waals surface area contributed by atoms with Crippen molar-refractivity contribution in [2.24, 2.45) is 0 Å². The molecule has 1 N–H and O–H groups in total. The molecule has 152 valence electrons. The molecule has 1 aliphatic rings. The third kappa shape index (κ3) is 5.35. The maximum absolute atomic E-state index is 12.9. The number of nitrogens with one attached hydrogen (secondary N) is 1. The normalized spacial score (nSPS) is 15.0. The van der Waals surface area contributed by atoms with Gasteiger partial charge in [0.2, 0.25) is 0 Å². The van der Waals surface area contributed by atoms with Crippen LogP contribution < -0.4 is 19.7 Å². The lowest BCUT2D eigenvalue weighted by atomic mass is 10.2. The SMILES string of the molecule is CCCCCOc1ccc(/C=C2/NC(=S)N(c3ccc(OCC)cc3)C2=O)cc1. The highest BCUT2D eigenvalue weighted by atomic mass is 32.1. The quantitative estimate of drug-likeness (QED) is 0.361. The number of thiocarbonyl (C=S) groups is 1. The molecule has 0 unspecified atom stereocenters. The molecule has 5 nitrogen and oxygen atoms in total. The van der Waals surface area contributed by atoms with Crippen LogP contribution in [0.2, 0.25) is 0 Å². The fourth-order valence-electron chi connectivity index (χ4n) is 3.00. The molecule has 0 atom stereocenters. The van der Waals surface area contributed by atoms with Crippen LogP contribution in [0.25, 0.3) is 6.08 Å².